The minimum absolute atomic E-state index is 0.0902. The van der Waals surface area contributed by atoms with Gasteiger partial charge >= 0.3 is 0 Å². The van der Waals surface area contributed by atoms with Crippen molar-refractivity contribution in [2.45, 2.75) is 45.1 Å². The maximum atomic E-state index is 12.5. The van der Waals surface area contributed by atoms with Crippen LogP contribution in [0, 0.1) is 5.92 Å². The van der Waals surface area contributed by atoms with Gasteiger partial charge in [0.05, 0.1) is 12.2 Å². The van der Waals surface area contributed by atoms with Crippen LogP contribution in [0.15, 0.2) is 42.6 Å². The number of nitrogens with zero attached hydrogens (tertiary/aromatic N) is 2. The molecule has 3 rings (SSSR count). The highest BCUT2D eigenvalue weighted by molar-refractivity contribution is 5.94. The van der Waals surface area contributed by atoms with Gasteiger partial charge in [-0.1, -0.05) is 44.2 Å². The Morgan fingerprint density at radius 1 is 1.27 bits per heavy atom. The maximum absolute atomic E-state index is 12.5. The highest BCUT2D eigenvalue weighted by Crippen LogP contribution is 2.47. The molecular formula is C18H23N3O. The highest BCUT2D eigenvalue weighted by atomic mass is 16.2. The summed E-state index contributed by atoms with van der Waals surface area (Å²) < 4.78 is 1.94. The molecule has 1 N–H and O–H groups in total. The molecule has 1 amide bonds. The van der Waals surface area contributed by atoms with Crippen LogP contribution in [0.1, 0.15) is 50.6 Å². The van der Waals surface area contributed by atoms with Gasteiger partial charge in [-0.2, -0.15) is 5.10 Å². The van der Waals surface area contributed by atoms with Crippen molar-refractivity contribution in [1.29, 1.82) is 0 Å². The quantitative estimate of drug-likeness (QED) is 0.876. The second-order valence-electron chi connectivity index (χ2n) is 5.98. The predicted molar refractivity (Wildman–Crippen MR) is 87.8 cm³/mol. The van der Waals surface area contributed by atoms with Gasteiger partial charge in [0.1, 0.15) is 5.82 Å². The van der Waals surface area contributed by atoms with E-state index in [4.69, 9.17) is 0 Å². The second-order valence-corrected chi connectivity index (χ2v) is 5.98. The number of aromatic nitrogens is 2. The molecule has 0 radical (unpaired) electrons. The van der Waals surface area contributed by atoms with E-state index in [2.05, 4.69) is 36.4 Å². The van der Waals surface area contributed by atoms with Crippen molar-refractivity contribution in [2.24, 2.45) is 5.92 Å². The number of nitrogens with one attached hydrogen (secondary N) is 1. The molecule has 2 atom stereocenters. The van der Waals surface area contributed by atoms with E-state index in [1.54, 1.807) is 6.20 Å². The van der Waals surface area contributed by atoms with Crippen LogP contribution in [0.5, 0.6) is 0 Å². The topological polar surface area (TPSA) is 46.9 Å². The second kappa shape index (κ2) is 6.34. The molecular weight excluding hydrogens is 274 g/mol. The standard InChI is InChI=1S/C18H23N3O/c1-3-14(4-2)21-17(10-11-19-21)20-18(22)16-12-15(16)13-8-6-5-7-9-13/h5-11,14-16H,3-4,12H2,1-2H3,(H,20,22)/t15-,16+/m0/s1. The van der Waals surface area contributed by atoms with Crippen LogP contribution in [-0.4, -0.2) is 15.7 Å². The molecule has 2 aromatic rings. The zero-order valence-corrected chi connectivity index (χ0v) is 13.2. The minimum Gasteiger partial charge on any atom is -0.311 e. The number of amides is 1. The fourth-order valence-electron chi connectivity index (χ4n) is 3.11. The third-order valence-corrected chi connectivity index (χ3v) is 4.56. The molecule has 4 heteroatoms. The summed E-state index contributed by atoms with van der Waals surface area (Å²) in [6.45, 7) is 4.29. The number of anilines is 1. The van der Waals surface area contributed by atoms with E-state index in [1.165, 1.54) is 5.56 Å². The summed E-state index contributed by atoms with van der Waals surface area (Å²) in [4.78, 5) is 12.5. The Morgan fingerprint density at radius 3 is 2.68 bits per heavy atom. The van der Waals surface area contributed by atoms with Gasteiger partial charge in [-0.3, -0.25) is 4.79 Å². The third-order valence-electron chi connectivity index (χ3n) is 4.56. The van der Waals surface area contributed by atoms with Gasteiger partial charge in [0.25, 0.3) is 0 Å². The summed E-state index contributed by atoms with van der Waals surface area (Å²) in [5, 5.41) is 7.43. The largest absolute Gasteiger partial charge is 0.311 e. The van der Waals surface area contributed by atoms with Crippen LogP contribution in [0.2, 0.25) is 0 Å². The lowest BCUT2D eigenvalue weighted by Gasteiger charge is -2.17. The molecule has 1 heterocycles. The number of rotatable bonds is 6. The SMILES string of the molecule is CCC(CC)n1nccc1NC(=O)[C@@H]1C[C@H]1c1ccccc1. The minimum atomic E-state index is 0.0902. The lowest BCUT2D eigenvalue weighted by Crippen LogP contribution is -2.19. The van der Waals surface area contributed by atoms with Crippen molar-refractivity contribution in [3.05, 3.63) is 48.2 Å². The Kier molecular flexibility index (Phi) is 4.27. The number of carbonyl (C=O) groups is 1. The molecule has 1 aliphatic rings. The fourth-order valence-corrected chi connectivity index (χ4v) is 3.11. The van der Waals surface area contributed by atoms with E-state index in [9.17, 15) is 4.79 Å². The molecule has 0 bridgehead atoms. The molecule has 116 valence electrons. The van der Waals surface area contributed by atoms with Crippen molar-refractivity contribution >= 4 is 11.7 Å². The Labute approximate surface area is 131 Å². The molecule has 0 spiro atoms. The fraction of sp³-hybridized carbons (Fsp3) is 0.444. The lowest BCUT2D eigenvalue weighted by molar-refractivity contribution is -0.117. The first-order valence-electron chi connectivity index (χ1n) is 8.13. The van der Waals surface area contributed by atoms with Crippen LogP contribution in [-0.2, 0) is 4.79 Å². The first-order chi connectivity index (χ1) is 10.7. The molecule has 1 fully saturated rings. The van der Waals surface area contributed by atoms with Crippen molar-refractivity contribution in [2.75, 3.05) is 5.32 Å². The lowest BCUT2D eigenvalue weighted by atomic mass is 10.1. The Bertz CT molecular complexity index is 631. The summed E-state index contributed by atoms with van der Waals surface area (Å²) in [5.74, 6) is 1.39. The molecule has 1 aromatic heterocycles. The molecule has 1 aromatic carbocycles. The smallest absolute Gasteiger partial charge is 0.229 e. The van der Waals surface area contributed by atoms with Gasteiger partial charge in [0.2, 0.25) is 5.91 Å². The molecule has 22 heavy (non-hydrogen) atoms. The van der Waals surface area contributed by atoms with E-state index >= 15 is 0 Å². The summed E-state index contributed by atoms with van der Waals surface area (Å²) in [6.07, 6.45) is 4.72. The van der Waals surface area contributed by atoms with E-state index in [1.807, 2.05) is 28.9 Å². The molecule has 4 nitrogen and oxygen atoms in total. The van der Waals surface area contributed by atoms with Crippen molar-refractivity contribution < 1.29 is 4.79 Å². The summed E-state index contributed by atoms with van der Waals surface area (Å²) in [7, 11) is 0. The average Bonchev–Trinajstić information content (AvgIpc) is 3.24. The van der Waals surface area contributed by atoms with E-state index in [0.29, 0.717) is 12.0 Å². The van der Waals surface area contributed by atoms with Crippen LogP contribution in [0.4, 0.5) is 5.82 Å². The third kappa shape index (κ3) is 2.91. The molecule has 1 aliphatic carbocycles. The van der Waals surface area contributed by atoms with Gasteiger partial charge in [-0.15, -0.1) is 0 Å². The Morgan fingerprint density at radius 2 is 2.00 bits per heavy atom. The van der Waals surface area contributed by atoms with Crippen LogP contribution >= 0.6 is 0 Å². The van der Waals surface area contributed by atoms with Crippen LogP contribution in [0.25, 0.3) is 0 Å². The van der Waals surface area contributed by atoms with Crippen LogP contribution < -0.4 is 5.32 Å². The molecule has 1 saturated carbocycles. The van der Waals surface area contributed by atoms with Gasteiger partial charge in [0.15, 0.2) is 0 Å². The van der Waals surface area contributed by atoms with E-state index < -0.39 is 0 Å². The van der Waals surface area contributed by atoms with Gasteiger partial charge in [-0.05, 0) is 30.7 Å². The van der Waals surface area contributed by atoms with Gasteiger partial charge in [0, 0.05) is 12.0 Å². The van der Waals surface area contributed by atoms with Crippen molar-refractivity contribution in [1.82, 2.24) is 9.78 Å². The number of hydrogen-bond acceptors (Lipinski definition) is 2. The molecule has 0 aliphatic heterocycles. The number of benzene rings is 1. The summed E-state index contributed by atoms with van der Waals surface area (Å²) >= 11 is 0. The average molecular weight is 297 g/mol. The van der Waals surface area contributed by atoms with E-state index in [-0.39, 0.29) is 11.8 Å². The monoisotopic (exact) mass is 297 g/mol. The Balaban J connectivity index is 1.66. The maximum Gasteiger partial charge on any atom is 0.229 e. The van der Waals surface area contributed by atoms with Crippen molar-refractivity contribution in [3.63, 3.8) is 0 Å². The predicted octanol–water partition coefficient (Wildman–Crippen LogP) is 3.99. The first-order valence-corrected chi connectivity index (χ1v) is 8.13. The van der Waals surface area contributed by atoms with Gasteiger partial charge in [-0.25, -0.2) is 4.68 Å². The normalized spacial score (nSPS) is 20.1. The van der Waals surface area contributed by atoms with Gasteiger partial charge < -0.3 is 5.32 Å². The first kappa shape index (κ1) is 14.8. The van der Waals surface area contributed by atoms with Crippen molar-refractivity contribution in [3.8, 4) is 0 Å². The molecule has 0 unspecified atom stereocenters. The van der Waals surface area contributed by atoms with Crippen LogP contribution in [0.3, 0.4) is 0 Å². The summed E-state index contributed by atoms with van der Waals surface area (Å²) in [5.41, 5.74) is 1.26. The zero-order chi connectivity index (χ0) is 15.5. The number of hydrogen-bond donors (Lipinski definition) is 1. The molecule has 0 saturated heterocycles. The highest BCUT2D eigenvalue weighted by Gasteiger charge is 2.44. The number of carbonyl (C=O) groups excluding carboxylic acids is 1. The summed E-state index contributed by atoms with van der Waals surface area (Å²) in [6, 6.07) is 12.5. The Hall–Kier alpha value is -2.10. The van der Waals surface area contributed by atoms with E-state index in [0.717, 1.165) is 25.1 Å². The zero-order valence-electron chi connectivity index (χ0n) is 13.2.